The molecule has 2 bridgehead atoms. The summed E-state index contributed by atoms with van der Waals surface area (Å²) < 4.78 is 0. The molecule has 4 rings (SSSR count). The van der Waals surface area contributed by atoms with E-state index in [2.05, 4.69) is 22.8 Å². The molecule has 5 unspecified atom stereocenters. The molecule has 2 aliphatic carbocycles. The number of thioether (sulfide) groups is 1. The quantitative estimate of drug-likeness (QED) is 0.543. The molecule has 118 valence electrons. The Morgan fingerprint density at radius 3 is 2.55 bits per heavy atom. The molecule has 1 saturated carbocycles. The third kappa shape index (κ3) is 2.10. The second-order valence-electron chi connectivity index (χ2n) is 6.39. The van der Waals surface area contributed by atoms with Gasteiger partial charge in [0.2, 0.25) is 17.7 Å². The maximum atomic E-state index is 12.5. The van der Waals surface area contributed by atoms with Crippen LogP contribution in [0, 0.1) is 23.7 Å². The van der Waals surface area contributed by atoms with Gasteiger partial charge in [-0.15, -0.1) is 11.8 Å². The van der Waals surface area contributed by atoms with Gasteiger partial charge in [0, 0.05) is 24.7 Å². The lowest BCUT2D eigenvalue weighted by atomic mass is 9.85. The first-order valence-electron chi connectivity index (χ1n) is 7.79. The number of allylic oxidation sites excluding steroid dienone is 2. The van der Waals surface area contributed by atoms with Gasteiger partial charge >= 0.3 is 0 Å². The minimum Gasteiger partial charge on any atom is -0.353 e. The van der Waals surface area contributed by atoms with Crippen LogP contribution in [0.1, 0.15) is 6.42 Å². The number of hydrogen-bond donors (Lipinski definition) is 2. The van der Waals surface area contributed by atoms with E-state index in [0.29, 0.717) is 6.54 Å². The van der Waals surface area contributed by atoms with Crippen LogP contribution in [-0.2, 0) is 14.4 Å². The molecule has 0 aromatic rings. The van der Waals surface area contributed by atoms with E-state index >= 15 is 0 Å². The molecular weight excluding hydrogens is 302 g/mol. The molecule has 2 heterocycles. The summed E-state index contributed by atoms with van der Waals surface area (Å²) in [6, 6.07) is -0.158. The average molecular weight is 321 g/mol. The van der Waals surface area contributed by atoms with Crippen molar-refractivity contribution in [1.29, 1.82) is 0 Å². The zero-order valence-electron chi connectivity index (χ0n) is 12.2. The first kappa shape index (κ1) is 14.3. The second-order valence-corrected chi connectivity index (χ2v) is 7.42. The lowest BCUT2D eigenvalue weighted by Crippen LogP contribution is -2.45. The number of nitrogens with one attached hydrogen (secondary N) is 2. The third-order valence-corrected chi connectivity index (χ3v) is 6.17. The Morgan fingerprint density at radius 1 is 1.27 bits per heavy atom. The predicted octanol–water partition coefficient (Wildman–Crippen LogP) is -0.428. The van der Waals surface area contributed by atoms with Gasteiger partial charge < -0.3 is 5.32 Å². The van der Waals surface area contributed by atoms with Crippen molar-refractivity contribution in [3.05, 3.63) is 12.2 Å². The van der Waals surface area contributed by atoms with E-state index < -0.39 is 0 Å². The molecule has 4 aliphatic rings. The van der Waals surface area contributed by atoms with Crippen LogP contribution in [0.15, 0.2) is 12.2 Å². The minimum absolute atomic E-state index is 0.0457. The number of fused-ring (bicyclic) bond motifs is 5. The molecule has 3 amide bonds. The Hall–Kier alpha value is -1.34. The molecule has 0 radical (unpaired) electrons. The Morgan fingerprint density at radius 2 is 1.95 bits per heavy atom. The topological polar surface area (TPSA) is 78.5 Å². The summed E-state index contributed by atoms with van der Waals surface area (Å²) in [5.41, 5.74) is 0. The van der Waals surface area contributed by atoms with Crippen LogP contribution in [0.3, 0.4) is 0 Å². The number of imide groups is 1. The molecule has 2 N–H and O–H groups in total. The van der Waals surface area contributed by atoms with E-state index in [-0.39, 0.29) is 54.0 Å². The molecule has 2 aliphatic heterocycles. The fraction of sp³-hybridized carbons (Fsp3) is 0.667. The molecule has 6 nitrogen and oxygen atoms in total. The van der Waals surface area contributed by atoms with Crippen molar-refractivity contribution in [3.63, 3.8) is 0 Å². The van der Waals surface area contributed by atoms with Crippen molar-refractivity contribution in [1.82, 2.24) is 15.5 Å². The highest BCUT2D eigenvalue weighted by molar-refractivity contribution is 7.99. The largest absolute Gasteiger partial charge is 0.353 e. The molecule has 3 fully saturated rings. The van der Waals surface area contributed by atoms with Crippen LogP contribution in [0.4, 0.5) is 0 Å². The summed E-state index contributed by atoms with van der Waals surface area (Å²) in [4.78, 5) is 38.2. The van der Waals surface area contributed by atoms with Gasteiger partial charge in [-0.25, -0.2) is 0 Å². The summed E-state index contributed by atoms with van der Waals surface area (Å²) in [5.74, 6) is 1.61. The molecule has 22 heavy (non-hydrogen) atoms. The van der Waals surface area contributed by atoms with Crippen LogP contribution in [-0.4, -0.2) is 53.4 Å². The molecule has 0 aromatic heterocycles. The van der Waals surface area contributed by atoms with E-state index in [4.69, 9.17) is 0 Å². The van der Waals surface area contributed by atoms with Gasteiger partial charge in [0.1, 0.15) is 0 Å². The number of hydrogen-bond acceptors (Lipinski definition) is 5. The highest BCUT2D eigenvalue weighted by Crippen LogP contribution is 2.52. The average Bonchev–Trinajstić information content (AvgIpc) is 3.27. The van der Waals surface area contributed by atoms with Gasteiger partial charge in [0.15, 0.2) is 0 Å². The van der Waals surface area contributed by atoms with E-state index in [1.807, 2.05) is 0 Å². The van der Waals surface area contributed by atoms with Gasteiger partial charge in [-0.2, -0.15) is 0 Å². The number of amides is 3. The Bertz CT molecular complexity index is 528. The molecule has 0 aromatic carbocycles. The minimum atomic E-state index is -0.158. The number of rotatable bonds is 4. The lowest BCUT2D eigenvalue weighted by Gasteiger charge is -2.18. The Kier molecular flexibility index (Phi) is 3.49. The van der Waals surface area contributed by atoms with Gasteiger partial charge in [0.05, 0.1) is 17.9 Å². The zero-order chi connectivity index (χ0) is 15.3. The summed E-state index contributed by atoms with van der Waals surface area (Å²) in [5, 5.41) is 5.92. The second kappa shape index (κ2) is 5.38. The number of carbonyl (C=O) groups is 3. The van der Waals surface area contributed by atoms with Crippen LogP contribution in [0.2, 0.25) is 0 Å². The van der Waals surface area contributed by atoms with E-state index in [1.165, 1.54) is 4.90 Å². The van der Waals surface area contributed by atoms with Gasteiger partial charge in [0.25, 0.3) is 0 Å². The lowest BCUT2D eigenvalue weighted by molar-refractivity contribution is -0.141. The molecule has 5 atom stereocenters. The van der Waals surface area contributed by atoms with Crippen LogP contribution < -0.4 is 10.6 Å². The van der Waals surface area contributed by atoms with Crippen LogP contribution in [0.25, 0.3) is 0 Å². The van der Waals surface area contributed by atoms with Crippen molar-refractivity contribution in [2.24, 2.45) is 23.7 Å². The zero-order valence-corrected chi connectivity index (χ0v) is 13.0. The van der Waals surface area contributed by atoms with Crippen LogP contribution in [0.5, 0.6) is 0 Å². The number of likely N-dealkylation sites (tertiary alicyclic amines) is 1. The number of nitrogens with zero attached hydrogens (tertiary/aromatic N) is 1. The first-order chi connectivity index (χ1) is 10.7. The fourth-order valence-corrected chi connectivity index (χ4v) is 5.10. The fourth-order valence-electron chi connectivity index (χ4n) is 4.16. The normalized spacial score (nSPS) is 38.9. The predicted molar refractivity (Wildman–Crippen MR) is 81.7 cm³/mol. The van der Waals surface area contributed by atoms with Crippen molar-refractivity contribution in [2.45, 2.75) is 12.5 Å². The van der Waals surface area contributed by atoms with E-state index in [9.17, 15) is 14.4 Å². The smallest absolute Gasteiger partial charge is 0.238 e. The molecule has 0 spiro atoms. The first-order valence-corrected chi connectivity index (χ1v) is 8.94. The van der Waals surface area contributed by atoms with Crippen molar-refractivity contribution >= 4 is 29.5 Å². The van der Waals surface area contributed by atoms with Crippen molar-refractivity contribution in [2.75, 3.05) is 24.7 Å². The summed E-state index contributed by atoms with van der Waals surface area (Å²) in [6.07, 6.45) is 5.12. The van der Waals surface area contributed by atoms with Gasteiger partial charge in [-0.3, -0.25) is 24.6 Å². The van der Waals surface area contributed by atoms with Gasteiger partial charge in [-0.1, -0.05) is 12.2 Å². The van der Waals surface area contributed by atoms with E-state index in [0.717, 1.165) is 18.1 Å². The standard InChI is InChI=1S/C15H19N3O3S/c19-13(10-6-22-7-17-10)16-3-4-18-14(20)11-8-1-2-9(5-8)12(11)15(18)21/h1-2,8-12,17H,3-7H2,(H,16,19). The Balaban J connectivity index is 1.33. The van der Waals surface area contributed by atoms with Crippen molar-refractivity contribution < 1.29 is 14.4 Å². The number of carbonyl (C=O) groups excluding carboxylic acids is 3. The Labute approximate surface area is 133 Å². The van der Waals surface area contributed by atoms with Gasteiger partial charge in [-0.05, 0) is 18.3 Å². The summed E-state index contributed by atoms with van der Waals surface area (Å²) in [6.45, 7) is 0.622. The van der Waals surface area contributed by atoms with E-state index in [1.54, 1.807) is 11.8 Å². The maximum absolute atomic E-state index is 12.5. The molecular formula is C15H19N3O3S. The highest BCUT2D eigenvalue weighted by atomic mass is 32.2. The third-order valence-electron chi connectivity index (χ3n) is 5.23. The summed E-state index contributed by atoms with van der Waals surface area (Å²) in [7, 11) is 0. The SMILES string of the molecule is O=C(NCCN1C(=O)C2C3C=CC(C3)C2C1=O)C1CSCN1. The molecule has 7 heteroatoms. The monoisotopic (exact) mass is 321 g/mol. The van der Waals surface area contributed by atoms with Crippen molar-refractivity contribution in [3.8, 4) is 0 Å². The molecule has 2 saturated heterocycles. The van der Waals surface area contributed by atoms with Crippen LogP contribution >= 0.6 is 11.8 Å². The highest BCUT2D eigenvalue weighted by Gasteiger charge is 2.58. The summed E-state index contributed by atoms with van der Waals surface area (Å²) >= 11 is 1.69. The maximum Gasteiger partial charge on any atom is 0.238 e.